The lowest BCUT2D eigenvalue weighted by Gasteiger charge is -2.16. The highest BCUT2D eigenvalue weighted by molar-refractivity contribution is 7.07. The summed E-state index contributed by atoms with van der Waals surface area (Å²) in [6, 6.07) is 8.03. The molecule has 0 spiro atoms. The molecule has 0 amide bonds. The molecular formula is C13H16N2OS. The van der Waals surface area contributed by atoms with Gasteiger partial charge in [0, 0.05) is 12.1 Å². The zero-order valence-corrected chi connectivity index (χ0v) is 10.8. The summed E-state index contributed by atoms with van der Waals surface area (Å²) in [5.41, 5.74) is 8.86. The Morgan fingerprint density at radius 3 is 2.76 bits per heavy atom. The summed E-state index contributed by atoms with van der Waals surface area (Å²) < 4.78 is 5.12. The zero-order valence-electron chi connectivity index (χ0n) is 9.94. The summed E-state index contributed by atoms with van der Waals surface area (Å²) in [4.78, 5) is 0. The maximum Gasteiger partial charge on any atom is 0.121 e. The normalized spacial score (nSPS) is 12.1. The molecule has 0 aliphatic heterocycles. The summed E-state index contributed by atoms with van der Waals surface area (Å²) in [6.07, 6.45) is 0. The molecule has 1 aromatic heterocycles. The third-order valence-corrected chi connectivity index (χ3v) is 3.38. The van der Waals surface area contributed by atoms with Gasteiger partial charge in [-0.3, -0.25) is 0 Å². The van der Waals surface area contributed by atoms with E-state index in [4.69, 9.17) is 10.5 Å². The van der Waals surface area contributed by atoms with Crippen molar-refractivity contribution in [2.45, 2.75) is 13.0 Å². The minimum Gasteiger partial charge on any atom is -0.497 e. The van der Waals surface area contributed by atoms with E-state index < -0.39 is 0 Å². The largest absolute Gasteiger partial charge is 0.497 e. The third-order valence-electron chi connectivity index (χ3n) is 2.67. The van der Waals surface area contributed by atoms with E-state index in [9.17, 15) is 0 Å². The van der Waals surface area contributed by atoms with E-state index in [1.54, 1.807) is 18.4 Å². The topological polar surface area (TPSA) is 47.3 Å². The van der Waals surface area contributed by atoms with Crippen LogP contribution in [0.2, 0.25) is 0 Å². The minimum absolute atomic E-state index is 0.247. The molecule has 3 nitrogen and oxygen atoms in total. The predicted octanol–water partition coefficient (Wildman–Crippen LogP) is 3.51. The molecule has 90 valence electrons. The van der Waals surface area contributed by atoms with Crippen molar-refractivity contribution in [1.82, 2.24) is 0 Å². The molecule has 3 N–H and O–H groups in total. The van der Waals surface area contributed by atoms with Crippen LogP contribution in [0.5, 0.6) is 5.75 Å². The molecule has 4 heteroatoms. The number of hydrogen-bond donors (Lipinski definition) is 2. The van der Waals surface area contributed by atoms with Crippen molar-refractivity contribution in [1.29, 1.82) is 0 Å². The van der Waals surface area contributed by atoms with Crippen molar-refractivity contribution in [3.63, 3.8) is 0 Å². The highest BCUT2D eigenvalue weighted by atomic mass is 32.1. The van der Waals surface area contributed by atoms with Gasteiger partial charge in [-0.2, -0.15) is 11.3 Å². The lowest BCUT2D eigenvalue weighted by molar-refractivity contribution is 0.415. The van der Waals surface area contributed by atoms with Gasteiger partial charge in [0.15, 0.2) is 0 Å². The van der Waals surface area contributed by atoms with E-state index >= 15 is 0 Å². The summed E-state index contributed by atoms with van der Waals surface area (Å²) in [6.45, 7) is 2.12. The van der Waals surface area contributed by atoms with Crippen molar-refractivity contribution < 1.29 is 4.74 Å². The van der Waals surface area contributed by atoms with Gasteiger partial charge in [-0.25, -0.2) is 0 Å². The Kier molecular flexibility index (Phi) is 3.54. The molecule has 0 fully saturated rings. The van der Waals surface area contributed by atoms with Crippen LogP contribution in [0, 0.1) is 0 Å². The zero-order chi connectivity index (χ0) is 12.3. The van der Waals surface area contributed by atoms with E-state index in [1.807, 2.05) is 18.2 Å². The molecule has 0 bridgehead atoms. The standard InChI is InChI=1S/C13H16N2OS/c1-9(10-5-6-17-8-10)15-13-4-3-11(16-2)7-12(13)14/h3-9,15H,14H2,1-2H3. The number of nitrogens with two attached hydrogens (primary N) is 1. The maximum atomic E-state index is 5.96. The van der Waals surface area contributed by atoms with Crippen molar-refractivity contribution in [2.75, 3.05) is 18.2 Å². The Morgan fingerprint density at radius 1 is 1.35 bits per heavy atom. The summed E-state index contributed by atoms with van der Waals surface area (Å²) >= 11 is 1.70. The fraction of sp³-hybridized carbons (Fsp3) is 0.231. The molecule has 2 aromatic rings. The number of nitrogens with one attached hydrogen (secondary N) is 1. The van der Waals surface area contributed by atoms with Crippen molar-refractivity contribution in [2.24, 2.45) is 0 Å². The second-order valence-corrected chi connectivity index (χ2v) is 4.66. The molecule has 0 aliphatic rings. The average Bonchev–Trinajstić information content (AvgIpc) is 2.85. The van der Waals surface area contributed by atoms with Crippen LogP contribution in [0.15, 0.2) is 35.0 Å². The Bertz CT molecular complexity index is 482. The number of nitrogen functional groups attached to an aromatic ring is 1. The quantitative estimate of drug-likeness (QED) is 0.814. The first kappa shape index (κ1) is 11.8. The molecule has 0 saturated heterocycles. The van der Waals surface area contributed by atoms with Crippen LogP contribution in [0.25, 0.3) is 0 Å². The number of thiophene rings is 1. The Labute approximate surface area is 105 Å². The molecule has 1 atom stereocenters. The Hall–Kier alpha value is -1.68. The SMILES string of the molecule is COc1ccc(NC(C)c2ccsc2)c(N)c1. The average molecular weight is 248 g/mol. The predicted molar refractivity (Wildman–Crippen MR) is 73.8 cm³/mol. The van der Waals surface area contributed by atoms with Crippen LogP contribution in [0.4, 0.5) is 11.4 Å². The van der Waals surface area contributed by atoms with Gasteiger partial charge < -0.3 is 15.8 Å². The van der Waals surface area contributed by atoms with Crippen LogP contribution >= 0.6 is 11.3 Å². The van der Waals surface area contributed by atoms with Gasteiger partial charge >= 0.3 is 0 Å². The van der Waals surface area contributed by atoms with Crippen LogP contribution in [-0.4, -0.2) is 7.11 Å². The summed E-state index contributed by atoms with van der Waals surface area (Å²) in [7, 11) is 1.63. The van der Waals surface area contributed by atoms with Crippen molar-refractivity contribution in [3.05, 3.63) is 40.6 Å². The van der Waals surface area contributed by atoms with Gasteiger partial charge in [-0.1, -0.05) is 0 Å². The molecule has 0 aliphatic carbocycles. The number of methoxy groups -OCH3 is 1. The smallest absolute Gasteiger partial charge is 0.121 e. The van der Waals surface area contributed by atoms with Gasteiger partial charge in [0.25, 0.3) is 0 Å². The molecule has 17 heavy (non-hydrogen) atoms. The third kappa shape index (κ3) is 2.71. The fourth-order valence-corrected chi connectivity index (χ4v) is 2.39. The van der Waals surface area contributed by atoms with Crippen molar-refractivity contribution >= 4 is 22.7 Å². The number of rotatable bonds is 4. The van der Waals surface area contributed by atoms with Gasteiger partial charge in [-0.05, 0) is 41.4 Å². The lowest BCUT2D eigenvalue weighted by atomic mass is 10.1. The van der Waals surface area contributed by atoms with E-state index in [1.165, 1.54) is 5.56 Å². The van der Waals surface area contributed by atoms with Gasteiger partial charge in [0.1, 0.15) is 5.75 Å². The molecular weight excluding hydrogens is 232 g/mol. The Balaban J connectivity index is 2.13. The maximum absolute atomic E-state index is 5.96. The number of hydrogen-bond acceptors (Lipinski definition) is 4. The van der Waals surface area contributed by atoms with E-state index in [0.29, 0.717) is 5.69 Å². The first-order valence-corrected chi connectivity index (χ1v) is 6.37. The fourth-order valence-electron chi connectivity index (χ4n) is 1.64. The van der Waals surface area contributed by atoms with Crippen LogP contribution in [0.1, 0.15) is 18.5 Å². The molecule has 0 radical (unpaired) electrons. The van der Waals surface area contributed by atoms with E-state index in [-0.39, 0.29) is 6.04 Å². The molecule has 0 saturated carbocycles. The van der Waals surface area contributed by atoms with Crippen LogP contribution in [-0.2, 0) is 0 Å². The molecule has 1 unspecified atom stereocenters. The first-order valence-electron chi connectivity index (χ1n) is 5.43. The monoisotopic (exact) mass is 248 g/mol. The summed E-state index contributed by atoms with van der Waals surface area (Å²) in [5.74, 6) is 0.774. The van der Waals surface area contributed by atoms with Gasteiger partial charge in [-0.15, -0.1) is 0 Å². The van der Waals surface area contributed by atoms with Crippen LogP contribution < -0.4 is 15.8 Å². The van der Waals surface area contributed by atoms with Gasteiger partial charge in [0.05, 0.1) is 18.5 Å². The second kappa shape index (κ2) is 5.10. The first-order chi connectivity index (χ1) is 8.20. The highest BCUT2D eigenvalue weighted by Gasteiger charge is 2.08. The minimum atomic E-state index is 0.247. The molecule has 2 rings (SSSR count). The van der Waals surface area contributed by atoms with Crippen molar-refractivity contribution in [3.8, 4) is 5.75 Å². The summed E-state index contributed by atoms with van der Waals surface area (Å²) in [5, 5.41) is 7.60. The second-order valence-electron chi connectivity index (χ2n) is 3.88. The highest BCUT2D eigenvalue weighted by Crippen LogP contribution is 2.28. The Morgan fingerprint density at radius 2 is 2.18 bits per heavy atom. The van der Waals surface area contributed by atoms with Gasteiger partial charge in [0.2, 0.25) is 0 Å². The number of ether oxygens (including phenoxy) is 1. The molecule has 1 aromatic carbocycles. The number of benzene rings is 1. The van der Waals surface area contributed by atoms with E-state index in [0.717, 1.165) is 11.4 Å². The lowest BCUT2D eigenvalue weighted by Crippen LogP contribution is -2.07. The van der Waals surface area contributed by atoms with Crippen LogP contribution in [0.3, 0.4) is 0 Å². The number of anilines is 2. The molecule has 1 heterocycles. The van der Waals surface area contributed by atoms with E-state index in [2.05, 4.69) is 29.1 Å².